The molecule has 0 heterocycles. The number of sulfonamides is 1. The van der Waals surface area contributed by atoms with Crippen molar-refractivity contribution in [2.45, 2.75) is 37.7 Å². The molecule has 0 aliphatic rings. The van der Waals surface area contributed by atoms with E-state index >= 15 is 0 Å². The second-order valence-electron chi connectivity index (χ2n) is 6.51. The average Bonchev–Trinajstić information content (AvgIpc) is 2.63. The fraction of sp³-hybridized carbons (Fsp3) is 0.350. The fourth-order valence-electron chi connectivity index (χ4n) is 2.44. The van der Waals surface area contributed by atoms with E-state index in [-0.39, 0.29) is 29.9 Å². The number of hydrogen-bond donors (Lipinski definition) is 2. The third-order valence-electron chi connectivity index (χ3n) is 3.80. The molecule has 0 unspecified atom stereocenters. The van der Waals surface area contributed by atoms with Crippen molar-refractivity contribution in [1.82, 2.24) is 10.0 Å². The van der Waals surface area contributed by atoms with Crippen molar-refractivity contribution in [2.24, 2.45) is 0 Å². The maximum Gasteiger partial charge on any atom is 0.240 e. The second-order valence-corrected chi connectivity index (χ2v) is 8.28. The molecule has 28 heavy (non-hydrogen) atoms. The number of carbonyl (C=O) groups excluding carboxylic acids is 1. The Morgan fingerprint density at radius 2 is 1.68 bits per heavy atom. The van der Waals surface area contributed by atoms with Crippen LogP contribution in [0.15, 0.2) is 53.4 Å². The van der Waals surface area contributed by atoms with Gasteiger partial charge in [-0.25, -0.2) is 17.5 Å². The minimum Gasteiger partial charge on any atom is -0.491 e. The van der Waals surface area contributed by atoms with Crippen LogP contribution in [0.1, 0.15) is 25.8 Å². The summed E-state index contributed by atoms with van der Waals surface area (Å²) in [6.45, 7) is 4.34. The number of hydrogen-bond acceptors (Lipinski definition) is 4. The van der Waals surface area contributed by atoms with Crippen molar-refractivity contribution in [3.63, 3.8) is 0 Å². The lowest BCUT2D eigenvalue weighted by molar-refractivity contribution is -0.120. The minimum atomic E-state index is -3.76. The van der Waals surface area contributed by atoms with Crippen LogP contribution in [-0.4, -0.2) is 33.5 Å². The standard InChI is InChI=1S/C20H25FN2O4S/c1-15(2)27-18-7-3-16(4-8-18)11-13-22-20(24)12-14-23-28(25,26)19-9-5-17(21)6-10-19/h3-10,15,23H,11-14H2,1-2H3,(H,22,24). The average molecular weight is 408 g/mol. The topological polar surface area (TPSA) is 84.5 Å². The van der Waals surface area contributed by atoms with Crippen LogP contribution in [0.25, 0.3) is 0 Å². The summed E-state index contributed by atoms with van der Waals surface area (Å²) in [5, 5.41) is 2.76. The highest BCUT2D eigenvalue weighted by atomic mass is 32.2. The van der Waals surface area contributed by atoms with Crippen molar-refractivity contribution < 1.29 is 22.3 Å². The molecule has 0 saturated heterocycles. The molecule has 0 aromatic heterocycles. The van der Waals surface area contributed by atoms with Gasteiger partial charge in [0, 0.05) is 19.5 Å². The number of halogens is 1. The van der Waals surface area contributed by atoms with Gasteiger partial charge in [0.25, 0.3) is 0 Å². The monoisotopic (exact) mass is 408 g/mol. The maximum atomic E-state index is 12.9. The third-order valence-corrected chi connectivity index (χ3v) is 5.28. The first kappa shape index (κ1) is 21.8. The van der Waals surface area contributed by atoms with Crippen LogP contribution in [0, 0.1) is 5.82 Å². The van der Waals surface area contributed by atoms with Crippen LogP contribution in [0.5, 0.6) is 5.75 Å². The van der Waals surface area contributed by atoms with Crippen LogP contribution in [0.4, 0.5) is 4.39 Å². The lowest BCUT2D eigenvalue weighted by Gasteiger charge is -2.10. The SMILES string of the molecule is CC(C)Oc1ccc(CCNC(=O)CCNS(=O)(=O)c2ccc(F)cc2)cc1. The van der Waals surface area contributed by atoms with E-state index in [0.717, 1.165) is 23.4 Å². The van der Waals surface area contributed by atoms with Crippen LogP contribution in [0.2, 0.25) is 0 Å². The Balaban J connectivity index is 1.69. The first-order valence-electron chi connectivity index (χ1n) is 9.04. The van der Waals surface area contributed by atoms with Gasteiger partial charge < -0.3 is 10.1 Å². The molecule has 1 amide bonds. The molecule has 6 nitrogen and oxygen atoms in total. The third kappa shape index (κ3) is 7.28. The highest BCUT2D eigenvalue weighted by Gasteiger charge is 2.14. The van der Waals surface area contributed by atoms with E-state index in [9.17, 15) is 17.6 Å². The van der Waals surface area contributed by atoms with Gasteiger partial charge in [0.05, 0.1) is 11.0 Å². The summed E-state index contributed by atoms with van der Waals surface area (Å²) in [4.78, 5) is 11.8. The van der Waals surface area contributed by atoms with Crippen molar-refractivity contribution in [3.05, 3.63) is 59.9 Å². The summed E-state index contributed by atoms with van der Waals surface area (Å²) < 4.78 is 44.9. The van der Waals surface area contributed by atoms with E-state index in [0.29, 0.717) is 13.0 Å². The van der Waals surface area contributed by atoms with Crippen molar-refractivity contribution in [3.8, 4) is 5.75 Å². The van der Waals surface area contributed by atoms with E-state index < -0.39 is 15.8 Å². The number of rotatable bonds is 10. The summed E-state index contributed by atoms with van der Waals surface area (Å²) in [7, 11) is -3.76. The van der Waals surface area contributed by atoms with Gasteiger partial charge in [-0.2, -0.15) is 0 Å². The molecule has 0 saturated carbocycles. The van der Waals surface area contributed by atoms with Gasteiger partial charge in [0.1, 0.15) is 11.6 Å². The maximum absolute atomic E-state index is 12.9. The Bertz CT molecular complexity index is 866. The molecule has 8 heteroatoms. The molecule has 0 fully saturated rings. The number of amides is 1. The lowest BCUT2D eigenvalue weighted by Crippen LogP contribution is -2.31. The number of carbonyl (C=O) groups is 1. The number of ether oxygens (including phenoxy) is 1. The normalized spacial score (nSPS) is 11.4. The molecule has 152 valence electrons. The van der Waals surface area contributed by atoms with E-state index in [1.165, 1.54) is 12.1 Å². The zero-order valence-corrected chi connectivity index (χ0v) is 16.8. The van der Waals surface area contributed by atoms with Gasteiger partial charge in [-0.3, -0.25) is 4.79 Å². The molecular weight excluding hydrogens is 383 g/mol. The van der Waals surface area contributed by atoms with E-state index in [1.807, 2.05) is 38.1 Å². The summed E-state index contributed by atoms with van der Waals surface area (Å²) in [6.07, 6.45) is 0.793. The van der Waals surface area contributed by atoms with Crippen molar-refractivity contribution >= 4 is 15.9 Å². The fourth-order valence-corrected chi connectivity index (χ4v) is 3.47. The largest absolute Gasteiger partial charge is 0.491 e. The second kappa shape index (κ2) is 10.2. The molecule has 0 aliphatic carbocycles. The molecule has 2 N–H and O–H groups in total. The van der Waals surface area contributed by atoms with Gasteiger partial charge in [-0.05, 0) is 62.2 Å². The summed E-state index contributed by atoms with van der Waals surface area (Å²) in [5.41, 5.74) is 1.06. The number of nitrogens with one attached hydrogen (secondary N) is 2. The highest BCUT2D eigenvalue weighted by Crippen LogP contribution is 2.14. The molecular formula is C20H25FN2O4S. The molecule has 0 radical (unpaired) electrons. The van der Waals surface area contributed by atoms with Gasteiger partial charge in [-0.15, -0.1) is 0 Å². The van der Waals surface area contributed by atoms with Crippen LogP contribution < -0.4 is 14.8 Å². The Hall–Kier alpha value is -2.45. The Labute approximate surface area is 165 Å². The lowest BCUT2D eigenvalue weighted by atomic mass is 10.1. The molecule has 0 bridgehead atoms. The predicted molar refractivity (Wildman–Crippen MR) is 105 cm³/mol. The molecule has 0 aliphatic heterocycles. The summed E-state index contributed by atoms with van der Waals surface area (Å²) >= 11 is 0. The zero-order valence-electron chi connectivity index (χ0n) is 15.9. The zero-order chi connectivity index (χ0) is 20.6. The molecule has 2 rings (SSSR count). The Kier molecular flexibility index (Phi) is 7.95. The van der Waals surface area contributed by atoms with Crippen LogP contribution in [-0.2, 0) is 21.2 Å². The highest BCUT2D eigenvalue weighted by molar-refractivity contribution is 7.89. The van der Waals surface area contributed by atoms with E-state index in [4.69, 9.17) is 4.74 Å². The minimum absolute atomic E-state index is 0.0155. The quantitative estimate of drug-likeness (QED) is 0.633. The molecule has 2 aromatic carbocycles. The molecule has 2 aromatic rings. The summed E-state index contributed by atoms with van der Waals surface area (Å²) in [5.74, 6) is 0.0400. The van der Waals surface area contributed by atoms with Gasteiger partial charge in [0.15, 0.2) is 0 Å². The molecule has 0 atom stereocenters. The first-order chi connectivity index (χ1) is 13.3. The van der Waals surface area contributed by atoms with E-state index in [2.05, 4.69) is 10.0 Å². The van der Waals surface area contributed by atoms with Crippen LogP contribution >= 0.6 is 0 Å². The first-order valence-corrected chi connectivity index (χ1v) is 10.5. The number of benzene rings is 2. The van der Waals surface area contributed by atoms with Crippen molar-refractivity contribution in [1.29, 1.82) is 0 Å². The van der Waals surface area contributed by atoms with Gasteiger partial charge in [0.2, 0.25) is 15.9 Å². The van der Waals surface area contributed by atoms with Gasteiger partial charge >= 0.3 is 0 Å². The van der Waals surface area contributed by atoms with Crippen molar-refractivity contribution in [2.75, 3.05) is 13.1 Å². The molecule has 0 spiro atoms. The van der Waals surface area contributed by atoms with Gasteiger partial charge in [-0.1, -0.05) is 12.1 Å². The van der Waals surface area contributed by atoms with E-state index in [1.54, 1.807) is 0 Å². The predicted octanol–water partition coefficient (Wildman–Crippen LogP) is 2.64. The smallest absolute Gasteiger partial charge is 0.240 e. The van der Waals surface area contributed by atoms with Crippen LogP contribution in [0.3, 0.4) is 0 Å². The summed E-state index contributed by atoms with van der Waals surface area (Å²) in [6, 6.07) is 12.2. The Morgan fingerprint density at radius 3 is 2.29 bits per heavy atom. The Morgan fingerprint density at radius 1 is 1.04 bits per heavy atom.